The molecule has 0 aliphatic carbocycles. The summed E-state index contributed by atoms with van der Waals surface area (Å²) in [6.45, 7) is 1.99. The molecule has 0 aliphatic rings. The standard InChI is InChI=1S/C10H8BrClN2/c1-5-2-3-7(12)8-9(13)6(11)4-14-10(5)8/h2-4H,1H3,(H2,13,14). The molecule has 0 unspecified atom stereocenters. The Morgan fingerprint density at radius 3 is 2.86 bits per heavy atom. The van der Waals surface area contributed by atoms with Gasteiger partial charge in [0.1, 0.15) is 0 Å². The van der Waals surface area contributed by atoms with Gasteiger partial charge in [0.05, 0.1) is 20.7 Å². The monoisotopic (exact) mass is 270 g/mol. The van der Waals surface area contributed by atoms with Crippen LogP contribution in [0.3, 0.4) is 0 Å². The van der Waals surface area contributed by atoms with Gasteiger partial charge in [-0.15, -0.1) is 0 Å². The molecule has 0 bridgehead atoms. The first-order chi connectivity index (χ1) is 6.61. The Morgan fingerprint density at radius 1 is 1.43 bits per heavy atom. The highest BCUT2D eigenvalue weighted by atomic mass is 79.9. The lowest BCUT2D eigenvalue weighted by Crippen LogP contribution is -1.93. The van der Waals surface area contributed by atoms with Gasteiger partial charge in [-0.05, 0) is 34.5 Å². The van der Waals surface area contributed by atoms with E-state index in [2.05, 4.69) is 20.9 Å². The number of rotatable bonds is 0. The minimum atomic E-state index is 0.636. The summed E-state index contributed by atoms with van der Waals surface area (Å²) in [7, 11) is 0. The van der Waals surface area contributed by atoms with Crippen LogP contribution in [0.2, 0.25) is 5.02 Å². The van der Waals surface area contributed by atoms with Crippen molar-refractivity contribution in [2.75, 3.05) is 5.73 Å². The van der Waals surface area contributed by atoms with Gasteiger partial charge in [-0.1, -0.05) is 17.7 Å². The molecule has 2 nitrogen and oxygen atoms in total. The minimum absolute atomic E-state index is 0.636. The predicted molar refractivity (Wildman–Crippen MR) is 63.6 cm³/mol. The lowest BCUT2D eigenvalue weighted by molar-refractivity contribution is 1.35. The quantitative estimate of drug-likeness (QED) is 0.796. The first-order valence-electron chi connectivity index (χ1n) is 4.10. The van der Waals surface area contributed by atoms with Gasteiger partial charge in [-0.3, -0.25) is 4.98 Å². The van der Waals surface area contributed by atoms with Gasteiger partial charge in [-0.2, -0.15) is 0 Å². The fourth-order valence-corrected chi connectivity index (χ4v) is 1.96. The number of nitrogens with zero attached hydrogens (tertiary/aromatic N) is 1. The number of aryl methyl sites for hydroxylation is 1. The van der Waals surface area contributed by atoms with Crippen molar-refractivity contribution in [3.8, 4) is 0 Å². The fourth-order valence-electron chi connectivity index (χ4n) is 1.40. The zero-order valence-electron chi connectivity index (χ0n) is 7.51. The lowest BCUT2D eigenvalue weighted by Gasteiger charge is -2.07. The van der Waals surface area contributed by atoms with Crippen molar-refractivity contribution in [1.82, 2.24) is 4.98 Å². The molecule has 0 spiro atoms. The number of halogens is 2. The van der Waals surface area contributed by atoms with Gasteiger partial charge in [-0.25, -0.2) is 0 Å². The number of benzene rings is 1. The Bertz CT molecular complexity index is 511. The second-order valence-electron chi connectivity index (χ2n) is 3.11. The molecular weight excluding hydrogens is 263 g/mol. The smallest absolute Gasteiger partial charge is 0.0767 e. The van der Waals surface area contributed by atoms with Crippen LogP contribution in [-0.4, -0.2) is 4.98 Å². The molecule has 0 saturated carbocycles. The van der Waals surface area contributed by atoms with Crippen LogP contribution in [0.15, 0.2) is 22.8 Å². The van der Waals surface area contributed by atoms with E-state index in [0.717, 1.165) is 20.9 Å². The largest absolute Gasteiger partial charge is 0.397 e. The van der Waals surface area contributed by atoms with E-state index in [-0.39, 0.29) is 0 Å². The number of aromatic nitrogens is 1. The van der Waals surface area contributed by atoms with Crippen molar-refractivity contribution in [2.45, 2.75) is 6.92 Å². The number of hydrogen-bond donors (Lipinski definition) is 1. The Hall–Kier alpha value is -0.800. The summed E-state index contributed by atoms with van der Waals surface area (Å²) >= 11 is 9.39. The van der Waals surface area contributed by atoms with Crippen LogP contribution in [-0.2, 0) is 0 Å². The third-order valence-electron chi connectivity index (χ3n) is 2.16. The van der Waals surface area contributed by atoms with Crippen molar-refractivity contribution in [3.63, 3.8) is 0 Å². The Balaban J connectivity index is 3.01. The number of pyridine rings is 1. The predicted octanol–water partition coefficient (Wildman–Crippen LogP) is 3.54. The summed E-state index contributed by atoms with van der Waals surface area (Å²) in [5.41, 5.74) is 8.49. The maximum atomic E-state index is 6.07. The number of nitrogens with two attached hydrogens (primary N) is 1. The second-order valence-corrected chi connectivity index (χ2v) is 4.37. The summed E-state index contributed by atoms with van der Waals surface area (Å²) in [5, 5.41) is 1.46. The maximum absolute atomic E-state index is 6.07. The molecule has 0 radical (unpaired) electrons. The summed E-state index contributed by atoms with van der Waals surface area (Å²) in [4.78, 5) is 4.29. The number of anilines is 1. The average molecular weight is 272 g/mol. The molecule has 0 amide bonds. The zero-order chi connectivity index (χ0) is 10.3. The van der Waals surface area contributed by atoms with Crippen molar-refractivity contribution in [2.24, 2.45) is 0 Å². The van der Waals surface area contributed by atoms with Crippen molar-refractivity contribution < 1.29 is 0 Å². The molecule has 2 N–H and O–H groups in total. The molecule has 0 atom stereocenters. The van der Waals surface area contributed by atoms with Gasteiger partial charge in [0.25, 0.3) is 0 Å². The Labute approximate surface area is 95.2 Å². The van der Waals surface area contributed by atoms with Crippen LogP contribution >= 0.6 is 27.5 Å². The SMILES string of the molecule is Cc1ccc(Cl)c2c(N)c(Br)cnc12. The van der Waals surface area contributed by atoms with Crippen LogP contribution in [0, 0.1) is 6.92 Å². The summed E-state index contributed by atoms with van der Waals surface area (Å²) < 4.78 is 0.775. The lowest BCUT2D eigenvalue weighted by atomic mass is 10.1. The molecule has 0 fully saturated rings. The van der Waals surface area contributed by atoms with E-state index in [4.69, 9.17) is 17.3 Å². The molecule has 14 heavy (non-hydrogen) atoms. The molecule has 0 saturated heterocycles. The van der Waals surface area contributed by atoms with Crippen LogP contribution in [0.25, 0.3) is 10.9 Å². The van der Waals surface area contributed by atoms with E-state index in [0.29, 0.717) is 10.7 Å². The summed E-state index contributed by atoms with van der Waals surface area (Å²) in [5.74, 6) is 0. The van der Waals surface area contributed by atoms with Gasteiger partial charge in [0, 0.05) is 11.6 Å². The van der Waals surface area contributed by atoms with Gasteiger partial charge in [0.15, 0.2) is 0 Å². The van der Waals surface area contributed by atoms with Crippen molar-refractivity contribution >= 4 is 44.1 Å². The third kappa shape index (κ3) is 1.37. The van der Waals surface area contributed by atoms with E-state index in [1.165, 1.54) is 0 Å². The molecule has 72 valence electrons. The zero-order valence-corrected chi connectivity index (χ0v) is 9.85. The van der Waals surface area contributed by atoms with E-state index in [9.17, 15) is 0 Å². The van der Waals surface area contributed by atoms with E-state index in [1.54, 1.807) is 6.20 Å². The minimum Gasteiger partial charge on any atom is -0.397 e. The normalized spacial score (nSPS) is 10.8. The molecule has 1 aromatic heterocycles. The van der Waals surface area contributed by atoms with Gasteiger partial charge >= 0.3 is 0 Å². The number of nitrogen functional groups attached to an aromatic ring is 1. The van der Waals surface area contributed by atoms with Crippen LogP contribution < -0.4 is 5.73 Å². The highest BCUT2D eigenvalue weighted by Crippen LogP contribution is 2.33. The third-order valence-corrected chi connectivity index (χ3v) is 3.11. The van der Waals surface area contributed by atoms with Crippen molar-refractivity contribution in [3.05, 3.63) is 33.4 Å². The molecule has 2 rings (SSSR count). The molecule has 1 aromatic carbocycles. The first-order valence-corrected chi connectivity index (χ1v) is 5.27. The van der Waals surface area contributed by atoms with Crippen LogP contribution in [0.5, 0.6) is 0 Å². The van der Waals surface area contributed by atoms with E-state index >= 15 is 0 Å². The average Bonchev–Trinajstić information content (AvgIpc) is 2.16. The highest BCUT2D eigenvalue weighted by molar-refractivity contribution is 9.10. The summed E-state index contributed by atoms with van der Waals surface area (Å²) in [6, 6.07) is 3.77. The molecule has 2 aromatic rings. The van der Waals surface area contributed by atoms with E-state index < -0.39 is 0 Å². The topological polar surface area (TPSA) is 38.9 Å². The van der Waals surface area contributed by atoms with Crippen molar-refractivity contribution in [1.29, 1.82) is 0 Å². The van der Waals surface area contributed by atoms with Crippen LogP contribution in [0.1, 0.15) is 5.56 Å². The first kappa shape index (κ1) is 9.74. The van der Waals surface area contributed by atoms with Gasteiger partial charge in [0.2, 0.25) is 0 Å². The fraction of sp³-hybridized carbons (Fsp3) is 0.100. The highest BCUT2D eigenvalue weighted by Gasteiger charge is 2.08. The summed E-state index contributed by atoms with van der Waals surface area (Å²) in [6.07, 6.45) is 1.70. The molecule has 1 heterocycles. The van der Waals surface area contributed by atoms with E-state index in [1.807, 2.05) is 19.1 Å². The van der Waals surface area contributed by atoms with Crippen LogP contribution in [0.4, 0.5) is 5.69 Å². The second kappa shape index (κ2) is 3.41. The maximum Gasteiger partial charge on any atom is 0.0767 e. The molecule has 4 heteroatoms. The number of fused-ring (bicyclic) bond motifs is 1. The van der Waals surface area contributed by atoms with Gasteiger partial charge < -0.3 is 5.73 Å². The molecular formula is C10H8BrClN2. The Morgan fingerprint density at radius 2 is 2.14 bits per heavy atom. The molecule has 0 aliphatic heterocycles. The number of hydrogen-bond acceptors (Lipinski definition) is 2. The Kier molecular flexibility index (Phi) is 2.37.